The largest absolute Gasteiger partial charge is 0.457 e. The third-order valence-corrected chi connectivity index (χ3v) is 11.0. The number of carbonyl (C=O) groups excluding carboxylic acids is 2. The second-order valence-electron chi connectivity index (χ2n) is 12.0. The first-order valence-corrected chi connectivity index (χ1v) is 18.2. The van der Waals surface area contributed by atoms with Crippen molar-refractivity contribution < 1.29 is 22.7 Å². The summed E-state index contributed by atoms with van der Waals surface area (Å²) in [6.07, 6.45) is 4.92. The smallest absolute Gasteiger partial charge is 0.264 e. The summed E-state index contributed by atoms with van der Waals surface area (Å²) < 4.78 is 35.4. The maximum Gasteiger partial charge on any atom is 0.264 e. The van der Waals surface area contributed by atoms with Crippen molar-refractivity contribution in [1.82, 2.24) is 10.2 Å². The number of aryl methyl sites for hydroxylation is 1. The molecule has 0 saturated heterocycles. The molecule has 8 nitrogen and oxygen atoms in total. The number of sulfonamides is 1. The molecule has 0 spiro atoms. The number of hydrogen-bond donors (Lipinski definition) is 1. The molecule has 0 aromatic heterocycles. The summed E-state index contributed by atoms with van der Waals surface area (Å²) in [5.41, 5.74) is 1.60. The van der Waals surface area contributed by atoms with Crippen molar-refractivity contribution >= 4 is 50.7 Å². The first kappa shape index (κ1) is 35.3. The van der Waals surface area contributed by atoms with Crippen molar-refractivity contribution in [3.63, 3.8) is 0 Å². The van der Waals surface area contributed by atoms with Gasteiger partial charge in [-0.25, -0.2) is 8.42 Å². The summed E-state index contributed by atoms with van der Waals surface area (Å²) in [5.74, 6) is 0.192. The van der Waals surface area contributed by atoms with E-state index in [4.69, 9.17) is 27.9 Å². The van der Waals surface area contributed by atoms with E-state index in [2.05, 4.69) is 5.32 Å². The molecule has 11 heteroatoms. The number of benzene rings is 4. The predicted octanol–water partition coefficient (Wildman–Crippen LogP) is 8.16. The van der Waals surface area contributed by atoms with Gasteiger partial charge in [-0.2, -0.15) is 0 Å². The predicted molar refractivity (Wildman–Crippen MR) is 190 cm³/mol. The van der Waals surface area contributed by atoms with Gasteiger partial charge in [0.25, 0.3) is 10.0 Å². The van der Waals surface area contributed by atoms with Crippen LogP contribution in [0, 0.1) is 6.92 Å². The SMILES string of the molecule is Cc1ccc(S(=O)(=O)N(CC(=O)N(Cc2c(Cl)cccc2Cl)[C@@H](C)C(=O)NC2CCCCC2)c2ccc(Oc3ccccc3)cc2)cc1. The van der Waals surface area contributed by atoms with Crippen LogP contribution in [0.5, 0.6) is 11.5 Å². The van der Waals surface area contributed by atoms with Crippen LogP contribution in [0.1, 0.15) is 50.2 Å². The Morgan fingerprint density at radius 2 is 1.44 bits per heavy atom. The molecule has 252 valence electrons. The van der Waals surface area contributed by atoms with E-state index in [0.717, 1.165) is 42.0 Å². The van der Waals surface area contributed by atoms with E-state index >= 15 is 0 Å². The van der Waals surface area contributed by atoms with Crippen LogP contribution in [0.25, 0.3) is 0 Å². The fourth-order valence-electron chi connectivity index (χ4n) is 5.68. The summed E-state index contributed by atoms with van der Waals surface area (Å²) in [4.78, 5) is 29.3. The Morgan fingerprint density at radius 1 is 0.833 bits per heavy atom. The van der Waals surface area contributed by atoms with Gasteiger partial charge in [0.1, 0.15) is 24.1 Å². The van der Waals surface area contributed by atoms with Crippen molar-refractivity contribution in [2.75, 3.05) is 10.8 Å². The maximum atomic E-state index is 14.4. The minimum Gasteiger partial charge on any atom is -0.457 e. The molecular formula is C37H39Cl2N3O5S. The fraction of sp³-hybridized carbons (Fsp3) is 0.297. The number of amides is 2. The van der Waals surface area contributed by atoms with Gasteiger partial charge in [0.15, 0.2) is 0 Å². The van der Waals surface area contributed by atoms with E-state index in [1.54, 1.807) is 61.5 Å². The van der Waals surface area contributed by atoms with Gasteiger partial charge in [-0.1, -0.05) is 84.4 Å². The highest BCUT2D eigenvalue weighted by molar-refractivity contribution is 7.92. The fourth-order valence-corrected chi connectivity index (χ4v) is 7.61. The van der Waals surface area contributed by atoms with Crippen LogP contribution < -0.4 is 14.4 Å². The average Bonchev–Trinajstić information content (AvgIpc) is 3.08. The molecule has 1 aliphatic carbocycles. The van der Waals surface area contributed by atoms with E-state index in [1.807, 2.05) is 37.3 Å². The second-order valence-corrected chi connectivity index (χ2v) is 14.7. The molecule has 1 saturated carbocycles. The minimum atomic E-state index is -4.24. The van der Waals surface area contributed by atoms with Crippen LogP contribution in [0.15, 0.2) is 102 Å². The van der Waals surface area contributed by atoms with Crippen LogP contribution in [-0.2, 0) is 26.2 Å². The highest BCUT2D eigenvalue weighted by atomic mass is 35.5. The van der Waals surface area contributed by atoms with E-state index in [9.17, 15) is 18.0 Å². The lowest BCUT2D eigenvalue weighted by atomic mass is 9.95. The molecule has 4 aromatic rings. The first-order valence-electron chi connectivity index (χ1n) is 16.0. The number of nitrogens with one attached hydrogen (secondary N) is 1. The van der Waals surface area contributed by atoms with Gasteiger partial charge in [0, 0.05) is 28.2 Å². The topological polar surface area (TPSA) is 96.0 Å². The standard InChI is InChI=1S/C37H39Cl2N3O5S/c1-26-16-22-32(23-17-26)48(45,46)42(29-18-20-31(21-19-29)47-30-12-7-4-8-13-30)25-36(43)41(24-33-34(38)14-9-15-35(33)39)27(2)37(44)40-28-10-5-3-6-11-28/h4,7-9,12-23,27-28H,3,5-6,10-11,24-25H2,1-2H3,(H,40,44)/t27-/m0/s1. The van der Waals surface area contributed by atoms with E-state index in [0.29, 0.717) is 27.1 Å². The molecular weight excluding hydrogens is 669 g/mol. The number of ether oxygens (including phenoxy) is 1. The highest BCUT2D eigenvalue weighted by Gasteiger charge is 2.34. The third-order valence-electron chi connectivity index (χ3n) is 8.50. The summed E-state index contributed by atoms with van der Waals surface area (Å²) in [5, 5.41) is 3.76. The molecule has 0 heterocycles. The molecule has 4 aromatic carbocycles. The van der Waals surface area contributed by atoms with Crippen molar-refractivity contribution in [3.8, 4) is 11.5 Å². The summed E-state index contributed by atoms with van der Waals surface area (Å²) in [6, 6.07) is 26.2. The van der Waals surface area contributed by atoms with Gasteiger partial charge < -0.3 is 15.0 Å². The average molecular weight is 709 g/mol. The van der Waals surface area contributed by atoms with Crippen LogP contribution in [0.3, 0.4) is 0 Å². The number of hydrogen-bond acceptors (Lipinski definition) is 5. The minimum absolute atomic E-state index is 0.0181. The second kappa shape index (κ2) is 15.9. The van der Waals surface area contributed by atoms with E-state index < -0.39 is 28.5 Å². The monoisotopic (exact) mass is 707 g/mol. The normalized spacial score (nSPS) is 14.2. The van der Waals surface area contributed by atoms with Crippen molar-refractivity contribution in [2.24, 2.45) is 0 Å². The lowest BCUT2D eigenvalue weighted by molar-refractivity contribution is -0.139. The Labute approximate surface area is 292 Å². The lowest BCUT2D eigenvalue weighted by Gasteiger charge is -2.33. The molecule has 2 amide bonds. The quantitative estimate of drug-likeness (QED) is 0.160. The van der Waals surface area contributed by atoms with Crippen LogP contribution in [0.2, 0.25) is 10.0 Å². The zero-order valence-electron chi connectivity index (χ0n) is 26.9. The zero-order chi connectivity index (χ0) is 34.3. The molecule has 1 atom stereocenters. The van der Waals surface area contributed by atoms with Gasteiger partial charge in [0.05, 0.1) is 10.6 Å². The zero-order valence-corrected chi connectivity index (χ0v) is 29.3. The Balaban J connectivity index is 1.49. The molecule has 1 aliphatic rings. The molecule has 0 unspecified atom stereocenters. The number of rotatable bonds is 12. The van der Waals surface area contributed by atoms with Crippen molar-refractivity contribution in [2.45, 2.75) is 69.5 Å². The van der Waals surface area contributed by atoms with Crippen LogP contribution in [0.4, 0.5) is 5.69 Å². The highest BCUT2D eigenvalue weighted by Crippen LogP contribution is 2.30. The molecule has 5 rings (SSSR count). The molecule has 0 bridgehead atoms. The number of para-hydroxylation sites is 1. The Morgan fingerprint density at radius 3 is 2.06 bits per heavy atom. The van der Waals surface area contributed by atoms with Crippen molar-refractivity contribution in [3.05, 3.63) is 118 Å². The van der Waals surface area contributed by atoms with Gasteiger partial charge in [-0.3, -0.25) is 13.9 Å². The molecule has 1 fully saturated rings. The van der Waals surface area contributed by atoms with Crippen molar-refractivity contribution in [1.29, 1.82) is 0 Å². The van der Waals surface area contributed by atoms with Crippen LogP contribution >= 0.6 is 23.2 Å². The Kier molecular flexibility index (Phi) is 11.7. The Hall–Kier alpha value is -4.05. The third kappa shape index (κ3) is 8.69. The lowest BCUT2D eigenvalue weighted by Crippen LogP contribution is -2.53. The summed E-state index contributed by atoms with van der Waals surface area (Å²) in [7, 11) is -4.24. The van der Waals surface area contributed by atoms with Gasteiger partial charge in [-0.05, 0) is 87.4 Å². The number of anilines is 1. The Bertz CT molecular complexity index is 1790. The van der Waals surface area contributed by atoms with Crippen LogP contribution in [-0.4, -0.2) is 43.8 Å². The summed E-state index contributed by atoms with van der Waals surface area (Å²) >= 11 is 13.0. The molecule has 48 heavy (non-hydrogen) atoms. The first-order chi connectivity index (χ1) is 23.0. The molecule has 1 N–H and O–H groups in total. The van der Waals surface area contributed by atoms with E-state index in [1.165, 1.54) is 17.0 Å². The molecule has 0 radical (unpaired) electrons. The van der Waals surface area contributed by atoms with Gasteiger partial charge in [-0.15, -0.1) is 0 Å². The van der Waals surface area contributed by atoms with Gasteiger partial charge in [0.2, 0.25) is 11.8 Å². The number of halogens is 2. The maximum absolute atomic E-state index is 14.4. The molecule has 0 aliphatic heterocycles. The van der Waals surface area contributed by atoms with E-state index in [-0.39, 0.29) is 29.1 Å². The summed E-state index contributed by atoms with van der Waals surface area (Å²) in [6.45, 7) is 2.81. The van der Waals surface area contributed by atoms with Gasteiger partial charge >= 0.3 is 0 Å². The number of nitrogens with zero attached hydrogens (tertiary/aromatic N) is 2. The number of carbonyl (C=O) groups is 2.